The second kappa shape index (κ2) is 8.95. The predicted octanol–water partition coefficient (Wildman–Crippen LogP) is 9.69. The van der Waals surface area contributed by atoms with Crippen LogP contribution in [0.1, 0.15) is 49.9 Å². The molecule has 0 N–H and O–H groups in total. The molecule has 0 bridgehead atoms. The van der Waals surface area contributed by atoms with Gasteiger partial charge >= 0.3 is 6.18 Å². The molecule has 1 aliphatic heterocycles. The van der Waals surface area contributed by atoms with Gasteiger partial charge in [-0.2, -0.15) is 13.2 Å². The number of benzene rings is 4. The average Bonchev–Trinajstić information content (AvgIpc) is 2.87. The van der Waals surface area contributed by atoms with Gasteiger partial charge in [0.2, 0.25) is 5.69 Å². The standard InChI is InChI=1S/C35H35F3NO/c1-19(2)15-28-24-12-11-20(3)16-26(24)21(4)30-32-31-25(13-14-39(32)7)23-10-8-9-22(18-34(5,6)35(36,37)38)27(23)17-29(31)40-33(28)30/h8-14,16-17,19H,15,18H2,1-7H3/q+1. The van der Waals surface area contributed by atoms with Crippen molar-refractivity contribution in [3.05, 3.63) is 77.0 Å². The van der Waals surface area contributed by atoms with Gasteiger partial charge in [-0.1, -0.05) is 69.7 Å². The zero-order valence-corrected chi connectivity index (χ0v) is 24.2. The minimum atomic E-state index is -4.31. The maximum absolute atomic E-state index is 13.9. The van der Waals surface area contributed by atoms with E-state index in [4.69, 9.17) is 4.74 Å². The van der Waals surface area contributed by atoms with Gasteiger partial charge < -0.3 is 4.74 Å². The maximum atomic E-state index is 13.9. The van der Waals surface area contributed by atoms with Crippen molar-refractivity contribution in [2.24, 2.45) is 18.4 Å². The minimum Gasteiger partial charge on any atom is -0.455 e. The molecule has 4 aromatic carbocycles. The normalized spacial score (nSPS) is 13.4. The number of aryl methyl sites for hydroxylation is 3. The molecule has 0 spiro atoms. The summed E-state index contributed by atoms with van der Waals surface area (Å²) in [4.78, 5) is 0. The van der Waals surface area contributed by atoms with Crippen LogP contribution in [0.2, 0.25) is 0 Å². The molecule has 0 aliphatic carbocycles. The van der Waals surface area contributed by atoms with Crippen molar-refractivity contribution in [1.82, 2.24) is 0 Å². The highest BCUT2D eigenvalue weighted by Crippen LogP contribution is 2.53. The molecule has 1 aromatic heterocycles. The quantitative estimate of drug-likeness (QED) is 0.160. The van der Waals surface area contributed by atoms with Gasteiger partial charge in [0.25, 0.3) is 0 Å². The van der Waals surface area contributed by atoms with Crippen LogP contribution in [0.15, 0.2) is 54.7 Å². The number of alkyl halides is 3. The van der Waals surface area contributed by atoms with Crippen molar-refractivity contribution in [3.8, 4) is 22.8 Å². The molecule has 6 rings (SSSR count). The van der Waals surface area contributed by atoms with Crippen molar-refractivity contribution in [3.63, 3.8) is 0 Å². The smallest absolute Gasteiger partial charge is 0.394 e. The Balaban J connectivity index is 1.71. The second-order valence-corrected chi connectivity index (χ2v) is 12.6. The topological polar surface area (TPSA) is 13.1 Å². The molecule has 40 heavy (non-hydrogen) atoms. The van der Waals surface area contributed by atoms with Gasteiger partial charge in [0, 0.05) is 17.0 Å². The molecule has 0 saturated heterocycles. The molecule has 0 unspecified atom stereocenters. The van der Waals surface area contributed by atoms with Crippen LogP contribution in [-0.4, -0.2) is 6.18 Å². The Morgan fingerprint density at radius 2 is 1.62 bits per heavy atom. The summed E-state index contributed by atoms with van der Waals surface area (Å²) in [5, 5.41) is 6.18. The van der Waals surface area contributed by atoms with E-state index in [0.29, 0.717) is 17.2 Å². The van der Waals surface area contributed by atoms with E-state index in [0.717, 1.165) is 45.0 Å². The molecule has 1 aliphatic rings. The number of fused-ring (bicyclic) bond motifs is 5. The van der Waals surface area contributed by atoms with Crippen LogP contribution in [0.5, 0.6) is 11.5 Å². The molecular formula is C35H35F3NO+. The van der Waals surface area contributed by atoms with Crippen LogP contribution in [0.3, 0.4) is 0 Å². The molecule has 0 radical (unpaired) electrons. The highest BCUT2D eigenvalue weighted by Gasteiger charge is 2.47. The van der Waals surface area contributed by atoms with E-state index in [1.54, 1.807) is 0 Å². The fourth-order valence-corrected chi connectivity index (χ4v) is 6.38. The molecule has 0 amide bonds. The molecule has 206 valence electrons. The van der Waals surface area contributed by atoms with Gasteiger partial charge in [-0.05, 0) is 71.3 Å². The Bertz CT molecular complexity index is 1850. The Kier molecular flexibility index (Phi) is 5.96. The van der Waals surface area contributed by atoms with E-state index in [9.17, 15) is 13.2 Å². The summed E-state index contributed by atoms with van der Waals surface area (Å²) < 4.78 is 50.7. The van der Waals surface area contributed by atoms with E-state index < -0.39 is 11.6 Å². The summed E-state index contributed by atoms with van der Waals surface area (Å²) >= 11 is 0. The monoisotopic (exact) mass is 542 g/mol. The summed E-state index contributed by atoms with van der Waals surface area (Å²) in [5.41, 5.74) is 4.58. The first kappa shape index (κ1) is 26.6. The SMILES string of the molecule is Cc1ccc2c(CC(C)C)c3c(c(C)c2c1)-c1c2c(cc4c(CC(C)(C)C(F)(F)F)cccc4c2cc[n+]1C)O3. The van der Waals surface area contributed by atoms with Crippen LogP contribution in [0, 0.1) is 25.2 Å². The van der Waals surface area contributed by atoms with E-state index in [-0.39, 0.29) is 6.42 Å². The molecule has 0 fully saturated rings. The first-order valence-corrected chi connectivity index (χ1v) is 14.0. The zero-order chi connectivity index (χ0) is 28.7. The highest BCUT2D eigenvalue weighted by molar-refractivity contribution is 6.16. The molecular weight excluding hydrogens is 507 g/mol. The number of hydrogen-bond acceptors (Lipinski definition) is 1. The van der Waals surface area contributed by atoms with Crippen molar-refractivity contribution >= 4 is 32.3 Å². The van der Waals surface area contributed by atoms with Crippen molar-refractivity contribution < 1.29 is 22.5 Å². The van der Waals surface area contributed by atoms with Crippen LogP contribution in [0.25, 0.3) is 43.6 Å². The highest BCUT2D eigenvalue weighted by atomic mass is 19.4. The minimum absolute atomic E-state index is 0.107. The Morgan fingerprint density at radius 1 is 0.875 bits per heavy atom. The summed E-state index contributed by atoms with van der Waals surface area (Å²) in [6.07, 6.45) is -1.50. The van der Waals surface area contributed by atoms with Gasteiger partial charge in [0.15, 0.2) is 6.20 Å². The number of halogens is 3. The number of hydrogen-bond donors (Lipinski definition) is 0. The van der Waals surface area contributed by atoms with Crippen LogP contribution in [-0.2, 0) is 19.9 Å². The number of aromatic nitrogens is 1. The number of ether oxygens (including phenoxy) is 1. The van der Waals surface area contributed by atoms with Gasteiger partial charge in [0.05, 0.1) is 16.4 Å². The average molecular weight is 543 g/mol. The van der Waals surface area contributed by atoms with Gasteiger partial charge in [-0.15, -0.1) is 0 Å². The first-order chi connectivity index (χ1) is 18.8. The van der Waals surface area contributed by atoms with E-state index in [2.05, 4.69) is 69.8 Å². The lowest BCUT2D eigenvalue weighted by molar-refractivity contribution is -0.659. The van der Waals surface area contributed by atoms with Gasteiger partial charge in [-0.3, -0.25) is 0 Å². The lowest BCUT2D eigenvalue weighted by atomic mass is 9.82. The van der Waals surface area contributed by atoms with E-state index in [1.807, 2.05) is 24.3 Å². The summed E-state index contributed by atoms with van der Waals surface area (Å²) in [5.74, 6) is 1.98. The van der Waals surface area contributed by atoms with Crippen molar-refractivity contribution in [2.45, 2.75) is 60.6 Å². The molecule has 0 atom stereocenters. The third kappa shape index (κ3) is 3.96. The molecule has 0 saturated carbocycles. The summed E-state index contributed by atoms with van der Waals surface area (Å²) in [6, 6.07) is 16.4. The van der Waals surface area contributed by atoms with Crippen molar-refractivity contribution in [1.29, 1.82) is 0 Å². The third-order valence-corrected chi connectivity index (χ3v) is 8.57. The number of nitrogens with zero attached hydrogens (tertiary/aromatic N) is 1. The van der Waals surface area contributed by atoms with Crippen LogP contribution in [0.4, 0.5) is 13.2 Å². The summed E-state index contributed by atoms with van der Waals surface area (Å²) in [7, 11) is 2.06. The lowest BCUT2D eigenvalue weighted by Crippen LogP contribution is -2.34. The molecule has 2 heterocycles. The Hall–Kier alpha value is -3.60. The summed E-state index contributed by atoms with van der Waals surface area (Å²) in [6.45, 7) is 11.3. The Labute approximate surface area is 233 Å². The maximum Gasteiger partial charge on any atom is 0.394 e. The van der Waals surface area contributed by atoms with Crippen LogP contribution < -0.4 is 9.30 Å². The largest absolute Gasteiger partial charge is 0.455 e. The second-order valence-electron chi connectivity index (χ2n) is 12.6. The van der Waals surface area contributed by atoms with Gasteiger partial charge in [0.1, 0.15) is 18.5 Å². The van der Waals surface area contributed by atoms with E-state index in [1.165, 1.54) is 41.3 Å². The predicted molar refractivity (Wildman–Crippen MR) is 157 cm³/mol. The molecule has 2 nitrogen and oxygen atoms in total. The molecule has 5 aromatic rings. The first-order valence-electron chi connectivity index (χ1n) is 14.0. The van der Waals surface area contributed by atoms with Crippen LogP contribution >= 0.6 is 0 Å². The Morgan fingerprint density at radius 3 is 2.33 bits per heavy atom. The van der Waals surface area contributed by atoms with Crippen molar-refractivity contribution in [2.75, 3.05) is 0 Å². The number of pyridine rings is 1. The van der Waals surface area contributed by atoms with Gasteiger partial charge in [-0.25, -0.2) is 4.57 Å². The van der Waals surface area contributed by atoms with E-state index >= 15 is 0 Å². The fourth-order valence-electron chi connectivity index (χ4n) is 6.38. The number of rotatable bonds is 4. The fraction of sp³-hybridized carbons (Fsp3) is 0.343. The zero-order valence-electron chi connectivity index (χ0n) is 24.2. The third-order valence-electron chi connectivity index (χ3n) is 8.57. The lowest BCUT2D eigenvalue weighted by Gasteiger charge is -2.29. The molecule has 5 heteroatoms.